The minimum atomic E-state index is -0.486. The van der Waals surface area contributed by atoms with Crippen LogP contribution in [0.2, 0.25) is 0 Å². The molecule has 5 heteroatoms. The summed E-state index contributed by atoms with van der Waals surface area (Å²) in [5.74, 6) is -0.964. The van der Waals surface area contributed by atoms with E-state index in [0.717, 1.165) is 32.4 Å². The van der Waals surface area contributed by atoms with Crippen LogP contribution < -0.4 is 10.6 Å². The third-order valence-corrected chi connectivity index (χ3v) is 3.52. The highest BCUT2D eigenvalue weighted by atomic mass is 16.2. The van der Waals surface area contributed by atoms with Crippen LogP contribution in [0, 0.1) is 0 Å². The maximum atomic E-state index is 11.5. The lowest BCUT2D eigenvalue weighted by Gasteiger charge is -2.22. The molecule has 17 heavy (non-hydrogen) atoms. The van der Waals surface area contributed by atoms with Crippen LogP contribution >= 0.6 is 0 Å². The Hall–Kier alpha value is -1.10. The van der Waals surface area contributed by atoms with Crippen molar-refractivity contribution in [3.63, 3.8) is 0 Å². The van der Waals surface area contributed by atoms with Crippen LogP contribution in [0.5, 0.6) is 0 Å². The maximum Gasteiger partial charge on any atom is 0.309 e. The van der Waals surface area contributed by atoms with E-state index in [1.165, 1.54) is 6.42 Å². The Kier molecular flexibility index (Phi) is 3.99. The molecule has 2 fully saturated rings. The van der Waals surface area contributed by atoms with E-state index in [1.54, 1.807) is 0 Å². The third kappa shape index (κ3) is 3.43. The predicted molar refractivity (Wildman–Crippen MR) is 64.4 cm³/mol. The number of nitrogens with one attached hydrogen (secondary N) is 2. The van der Waals surface area contributed by atoms with Crippen molar-refractivity contribution in [2.24, 2.45) is 0 Å². The topological polar surface area (TPSA) is 61.4 Å². The standard InChI is InChI=1S/C12H21N3O2/c1-2-15-7-3-4-10(15)8-13-11(16)12(17)14-9-5-6-9/h9-10H,2-8H2,1H3,(H,13,16)(H,14,17)/t10-/m1/s1. The Labute approximate surface area is 102 Å². The number of nitrogens with zero attached hydrogens (tertiary/aromatic N) is 1. The van der Waals surface area contributed by atoms with E-state index in [4.69, 9.17) is 0 Å². The Bertz CT molecular complexity index is 302. The zero-order valence-corrected chi connectivity index (χ0v) is 10.4. The zero-order chi connectivity index (χ0) is 12.3. The molecule has 0 aromatic carbocycles. The monoisotopic (exact) mass is 239 g/mol. The molecule has 2 rings (SSSR count). The first-order valence-corrected chi connectivity index (χ1v) is 6.53. The van der Waals surface area contributed by atoms with Crippen LogP contribution in [-0.2, 0) is 9.59 Å². The number of carbonyl (C=O) groups excluding carboxylic acids is 2. The molecule has 1 saturated heterocycles. The van der Waals surface area contributed by atoms with E-state index in [0.29, 0.717) is 12.6 Å². The molecule has 96 valence electrons. The van der Waals surface area contributed by atoms with Gasteiger partial charge in [-0.15, -0.1) is 0 Å². The largest absolute Gasteiger partial charge is 0.346 e. The van der Waals surface area contributed by atoms with Crippen LogP contribution in [0.3, 0.4) is 0 Å². The normalized spacial score (nSPS) is 24.6. The summed E-state index contributed by atoms with van der Waals surface area (Å²) in [6.07, 6.45) is 4.30. The molecule has 5 nitrogen and oxygen atoms in total. The number of rotatable bonds is 4. The number of hydrogen-bond acceptors (Lipinski definition) is 3. The predicted octanol–water partition coefficient (Wildman–Crippen LogP) is -0.134. The minimum Gasteiger partial charge on any atom is -0.346 e. The number of amides is 2. The van der Waals surface area contributed by atoms with Crippen LogP contribution in [0.15, 0.2) is 0 Å². The van der Waals surface area contributed by atoms with Crippen molar-refractivity contribution < 1.29 is 9.59 Å². The minimum absolute atomic E-state index is 0.242. The van der Waals surface area contributed by atoms with E-state index in [9.17, 15) is 9.59 Å². The summed E-state index contributed by atoms with van der Waals surface area (Å²) in [4.78, 5) is 25.3. The Morgan fingerprint density at radius 1 is 1.24 bits per heavy atom. The van der Waals surface area contributed by atoms with Gasteiger partial charge in [-0.1, -0.05) is 6.92 Å². The lowest BCUT2D eigenvalue weighted by Crippen LogP contribution is -2.46. The first-order chi connectivity index (χ1) is 8.20. The molecule has 1 aliphatic carbocycles. The molecule has 1 heterocycles. The van der Waals surface area contributed by atoms with Crippen molar-refractivity contribution in [3.8, 4) is 0 Å². The van der Waals surface area contributed by atoms with Gasteiger partial charge in [0.2, 0.25) is 0 Å². The fraction of sp³-hybridized carbons (Fsp3) is 0.833. The SMILES string of the molecule is CCN1CCC[C@@H]1CNC(=O)C(=O)NC1CC1. The molecule has 2 aliphatic rings. The second-order valence-corrected chi connectivity index (χ2v) is 4.88. The molecule has 0 spiro atoms. The lowest BCUT2D eigenvalue weighted by molar-refractivity contribution is -0.139. The molecule has 0 bridgehead atoms. The Balaban J connectivity index is 1.69. The molecule has 1 atom stereocenters. The van der Waals surface area contributed by atoms with Crippen LogP contribution in [-0.4, -0.2) is 48.4 Å². The fourth-order valence-electron chi connectivity index (χ4n) is 2.31. The van der Waals surface area contributed by atoms with E-state index < -0.39 is 11.8 Å². The van der Waals surface area contributed by atoms with E-state index in [2.05, 4.69) is 22.5 Å². The van der Waals surface area contributed by atoms with E-state index in [-0.39, 0.29) is 6.04 Å². The van der Waals surface area contributed by atoms with Crippen LogP contribution in [0.4, 0.5) is 0 Å². The molecule has 0 aromatic rings. The smallest absolute Gasteiger partial charge is 0.309 e. The average Bonchev–Trinajstić information content (AvgIpc) is 3.02. The summed E-state index contributed by atoms with van der Waals surface area (Å²) in [7, 11) is 0. The first-order valence-electron chi connectivity index (χ1n) is 6.53. The summed E-state index contributed by atoms with van der Waals surface area (Å²) in [5, 5.41) is 5.42. The van der Waals surface area contributed by atoms with Gasteiger partial charge in [-0.05, 0) is 38.8 Å². The molecule has 2 N–H and O–H groups in total. The van der Waals surface area contributed by atoms with E-state index in [1.807, 2.05) is 0 Å². The van der Waals surface area contributed by atoms with Gasteiger partial charge in [0, 0.05) is 18.6 Å². The zero-order valence-electron chi connectivity index (χ0n) is 10.4. The van der Waals surface area contributed by atoms with Crippen LogP contribution in [0.1, 0.15) is 32.6 Å². The highest BCUT2D eigenvalue weighted by molar-refractivity contribution is 6.35. The van der Waals surface area contributed by atoms with Gasteiger partial charge in [-0.2, -0.15) is 0 Å². The van der Waals surface area contributed by atoms with Crippen molar-refractivity contribution >= 4 is 11.8 Å². The van der Waals surface area contributed by atoms with E-state index >= 15 is 0 Å². The molecular formula is C12H21N3O2. The second-order valence-electron chi connectivity index (χ2n) is 4.88. The number of likely N-dealkylation sites (N-methyl/N-ethyl adjacent to an activating group) is 1. The van der Waals surface area contributed by atoms with Crippen LogP contribution in [0.25, 0.3) is 0 Å². The quantitative estimate of drug-likeness (QED) is 0.672. The number of carbonyl (C=O) groups is 2. The highest BCUT2D eigenvalue weighted by Crippen LogP contribution is 2.18. The summed E-state index contributed by atoms with van der Waals surface area (Å²) in [6.45, 7) is 4.82. The highest BCUT2D eigenvalue weighted by Gasteiger charge is 2.28. The second kappa shape index (κ2) is 5.49. The summed E-state index contributed by atoms with van der Waals surface area (Å²) >= 11 is 0. The van der Waals surface area contributed by atoms with Gasteiger partial charge in [0.1, 0.15) is 0 Å². The summed E-state index contributed by atoms with van der Waals surface area (Å²) in [5.41, 5.74) is 0. The average molecular weight is 239 g/mol. The van der Waals surface area contributed by atoms with Crippen molar-refractivity contribution in [3.05, 3.63) is 0 Å². The molecule has 1 aliphatic heterocycles. The molecular weight excluding hydrogens is 218 g/mol. The number of hydrogen-bond donors (Lipinski definition) is 2. The molecule has 0 radical (unpaired) electrons. The maximum absolute atomic E-state index is 11.5. The van der Waals surface area contributed by atoms with Crippen molar-refractivity contribution in [1.29, 1.82) is 0 Å². The van der Waals surface area contributed by atoms with Crippen molar-refractivity contribution in [2.75, 3.05) is 19.6 Å². The Morgan fingerprint density at radius 2 is 2.00 bits per heavy atom. The first kappa shape index (κ1) is 12.4. The summed E-state index contributed by atoms with van der Waals surface area (Å²) < 4.78 is 0. The third-order valence-electron chi connectivity index (χ3n) is 3.52. The molecule has 2 amide bonds. The lowest BCUT2D eigenvalue weighted by atomic mass is 10.2. The molecule has 0 aromatic heterocycles. The van der Waals surface area contributed by atoms with Gasteiger partial charge >= 0.3 is 11.8 Å². The van der Waals surface area contributed by atoms with Gasteiger partial charge in [0.05, 0.1) is 0 Å². The van der Waals surface area contributed by atoms with Gasteiger partial charge in [0.15, 0.2) is 0 Å². The van der Waals surface area contributed by atoms with Crippen molar-refractivity contribution in [1.82, 2.24) is 15.5 Å². The van der Waals surface area contributed by atoms with Gasteiger partial charge < -0.3 is 10.6 Å². The van der Waals surface area contributed by atoms with Crippen molar-refractivity contribution in [2.45, 2.75) is 44.7 Å². The van der Waals surface area contributed by atoms with Gasteiger partial charge in [-0.25, -0.2) is 0 Å². The van der Waals surface area contributed by atoms with Gasteiger partial charge in [-0.3, -0.25) is 14.5 Å². The molecule has 0 unspecified atom stereocenters. The fourth-order valence-corrected chi connectivity index (χ4v) is 2.31. The number of likely N-dealkylation sites (tertiary alicyclic amines) is 1. The van der Waals surface area contributed by atoms with Gasteiger partial charge in [0.25, 0.3) is 0 Å². The summed E-state index contributed by atoms with van der Waals surface area (Å²) in [6, 6.07) is 0.643. The Morgan fingerprint density at radius 3 is 2.65 bits per heavy atom. The molecule has 1 saturated carbocycles.